The second-order valence-corrected chi connectivity index (χ2v) is 8.23. The molecule has 1 heterocycles. The molecule has 1 aliphatic carbocycles. The molecule has 2 atom stereocenters. The molecule has 0 bridgehead atoms. The second kappa shape index (κ2) is 5.96. The summed E-state index contributed by atoms with van der Waals surface area (Å²) in [4.78, 5) is 13.8. The number of rotatable bonds is 6. The highest BCUT2D eigenvalue weighted by molar-refractivity contribution is 8.13. The lowest BCUT2D eigenvalue weighted by Crippen LogP contribution is -2.30. The first-order chi connectivity index (χ1) is 9.75. The molecule has 21 heavy (non-hydrogen) atoms. The monoisotopic (exact) mass is 333 g/mol. The summed E-state index contributed by atoms with van der Waals surface area (Å²) in [5.41, 5.74) is 0.285. The standard InChI is InChI=1S/C13H20ClN3O3S/c1-4-5-10-12(21(14,19)20)11(16-15-10)13(18)17(3)7-9-6-8(9)2/h8-9H,4-7H2,1-3H3,(H,15,16). The Morgan fingerprint density at radius 2 is 2.14 bits per heavy atom. The minimum Gasteiger partial charge on any atom is -0.340 e. The van der Waals surface area contributed by atoms with Crippen LogP contribution in [0.25, 0.3) is 0 Å². The molecule has 2 unspecified atom stereocenters. The molecule has 1 N–H and O–H groups in total. The van der Waals surface area contributed by atoms with Crippen molar-refractivity contribution < 1.29 is 13.2 Å². The number of aryl methyl sites for hydroxylation is 1. The Balaban J connectivity index is 2.28. The Morgan fingerprint density at radius 1 is 1.52 bits per heavy atom. The van der Waals surface area contributed by atoms with E-state index in [0.29, 0.717) is 30.5 Å². The van der Waals surface area contributed by atoms with E-state index in [4.69, 9.17) is 10.7 Å². The van der Waals surface area contributed by atoms with Crippen molar-refractivity contribution in [1.82, 2.24) is 15.1 Å². The third kappa shape index (κ3) is 3.58. The van der Waals surface area contributed by atoms with Gasteiger partial charge in [0.05, 0.1) is 5.69 Å². The van der Waals surface area contributed by atoms with Gasteiger partial charge in [-0.25, -0.2) is 8.42 Å². The summed E-state index contributed by atoms with van der Waals surface area (Å²) in [6.07, 6.45) is 2.30. The third-order valence-electron chi connectivity index (χ3n) is 3.87. The minimum absolute atomic E-state index is 0.107. The zero-order chi connectivity index (χ0) is 15.8. The van der Waals surface area contributed by atoms with Crippen LogP contribution in [0.5, 0.6) is 0 Å². The summed E-state index contributed by atoms with van der Waals surface area (Å²) >= 11 is 0. The van der Waals surface area contributed by atoms with Crippen LogP contribution in [-0.2, 0) is 15.5 Å². The molecule has 0 spiro atoms. The van der Waals surface area contributed by atoms with Crippen LogP contribution in [0.4, 0.5) is 0 Å². The first-order valence-corrected chi connectivity index (χ1v) is 9.34. The zero-order valence-electron chi connectivity index (χ0n) is 12.4. The van der Waals surface area contributed by atoms with Crippen molar-refractivity contribution in [3.8, 4) is 0 Å². The van der Waals surface area contributed by atoms with Crippen LogP contribution in [0.15, 0.2) is 4.90 Å². The molecule has 0 aromatic carbocycles. The van der Waals surface area contributed by atoms with Gasteiger partial charge in [0.25, 0.3) is 15.0 Å². The number of H-pyrrole nitrogens is 1. The van der Waals surface area contributed by atoms with Gasteiger partial charge in [0.2, 0.25) is 0 Å². The van der Waals surface area contributed by atoms with E-state index in [2.05, 4.69) is 17.1 Å². The summed E-state index contributed by atoms with van der Waals surface area (Å²) in [6.45, 7) is 4.65. The predicted octanol–water partition coefficient (Wildman–Crippen LogP) is 2.02. The van der Waals surface area contributed by atoms with E-state index in [-0.39, 0.29) is 10.6 Å². The van der Waals surface area contributed by atoms with Crippen LogP contribution in [0.3, 0.4) is 0 Å². The highest BCUT2D eigenvalue weighted by atomic mass is 35.7. The van der Waals surface area contributed by atoms with E-state index in [1.165, 1.54) is 4.90 Å². The maximum atomic E-state index is 12.4. The molecule has 1 fully saturated rings. The number of carbonyl (C=O) groups is 1. The van der Waals surface area contributed by atoms with Crippen LogP contribution < -0.4 is 0 Å². The number of nitrogens with one attached hydrogen (secondary N) is 1. The molecule has 1 saturated carbocycles. The van der Waals surface area contributed by atoms with Crippen LogP contribution in [0.1, 0.15) is 42.9 Å². The highest BCUT2D eigenvalue weighted by Crippen LogP contribution is 2.38. The topological polar surface area (TPSA) is 83.1 Å². The van der Waals surface area contributed by atoms with Crippen LogP contribution in [-0.4, -0.2) is 43.0 Å². The van der Waals surface area contributed by atoms with Gasteiger partial charge in [-0.05, 0) is 24.7 Å². The van der Waals surface area contributed by atoms with E-state index >= 15 is 0 Å². The van der Waals surface area contributed by atoms with Gasteiger partial charge in [-0.3, -0.25) is 9.89 Å². The van der Waals surface area contributed by atoms with Crippen molar-refractivity contribution in [3.63, 3.8) is 0 Å². The van der Waals surface area contributed by atoms with Crippen LogP contribution in [0, 0.1) is 11.8 Å². The summed E-state index contributed by atoms with van der Waals surface area (Å²) < 4.78 is 23.5. The molecule has 1 aromatic heterocycles. The molecule has 0 radical (unpaired) electrons. The van der Waals surface area contributed by atoms with Gasteiger partial charge in [-0.2, -0.15) is 5.10 Å². The van der Waals surface area contributed by atoms with E-state index in [9.17, 15) is 13.2 Å². The molecule has 8 heteroatoms. The predicted molar refractivity (Wildman–Crippen MR) is 79.9 cm³/mol. The van der Waals surface area contributed by atoms with Gasteiger partial charge < -0.3 is 4.90 Å². The molecule has 1 aromatic rings. The number of aromatic amines is 1. The molecule has 1 amide bonds. The smallest absolute Gasteiger partial charge is 0.275 e. The fourth-order valence-corrected chi connectivity index (χ4v) is 3.77. The maximum absolute atomic E-state index is 12.4. The first kappa shape index (κ1) is 16.3. The summed E-state index contributed by atoms with van der Waals surface area (Å²) in [5.74, 6) is 0.697. The van der Waals surface area contributed by atoms with Gasteiger partial charge in [-0.15, -0.1) is 0 Å². The van der Waals surface area contributed by atoms with Crippen molar-refractivity contribution in [2.24, 2.45) is 11.8 Å². The largest absolute Gasteiger partial charge is 0.340 e. The van der Waals surface area contributed by atoms with Crippen molar-refractivity contribution in [2.75, 3.05) is 13.6 Å². The second-order valence-electron chi connectivity index (χ2n) is 5.73. The SMILES string of the molecule is CCCc1[nH]nc(C(=O)N(C)CC2CC2C)c1S(=O)(=O)Cl. The van der Waals surface area contributed by atoms with E-state index < -0.39 is 15.0 Å². The summed E-state index contributed by atoms with van der Waals surface area (Å²) in [7, 11) is 3.12. The summed E-state index contributed by atoms with van der Waals surface area (Å²) in [6, 6.07) is 0. The molecule has 0 saturated heterocycles. The number of nitrogens with zero attached hydrogens (tertiary/aromatic N) is 2. The molecule has 118 valence electrons. The normalized spacial score (nSPS) is 21.3. The van der Waals surface area contributed by atoms with E-state index in [0.717, 1.165) is 12.8 Å². The van der Waals surface area contributed by atoms with Crippen molar-refractivity contribution in [2.45, 2.75) is 38.0 Å². The quantitative estimate of drug-likeness (QED) is 0.807. The Labute approximate surface area is 129 Å². The van der Waals surface area contributed by atoms with Crippen LogP contribution in [0.2, 0.25) is 0 Å². The Bertz CT molecular complexity index is 641. The zero-order valence-corrected chi connectivity index (χ0v) is 14.0. The lowest BCUT2D eigenvalue weighted by Gasteiger charge is -2.16. The van der Waals surface area contributed by atoms with Gasteiger partial charge in [0, 0.05) is 24.3 Å². The van der Waals surface area contributed by atoms with Crippen molar-refractivity contribution in [3.05, 3.63) is 11.4 Å². The lowest BCUT2D eigenvalue weighted by molar-refractivity contribution is 0.0777. The number of amides is 1. The Morgan fingerprint density at radius 3 is 2.62 bits per heavy atom. The molecular weight excluding hydrogens is 314 g/mol. The number of hydrogen-bond donors (Lipinski definition) is 1. The van der Waals surface area contributed by atoms with Crippen molar-refractivity contribution >= 4 is 25.6 Å². The number of aromatic nitrogens is 2. The molecular formula is C13H20ClN3O3S. The van der Waals surface area contributed by atoms with Gasteiger partial charge in [0.15, 0.2) is 5.69 Å². The average molecular weight is 334 g/mol. The fourth-order valence-electron chi connectivity index (χ4n) is 2.46. The van der Waals surface area contributed by atoms with E-state index in [1.54, 1.807) is 7.05 Å². The number of carbonyl (C=O) groups excluding carboxylic acids is 1. The van der Waals surface area contributed by atoms with Crippen molar-refractivity contribution in [1.29, 1.82) is 0 Å². The molecule has 2 rings (SSSR count). The number of hydrogen-bond acceptors (Lipinski definition) is 4. The van der Waals surface area contributed by atoms with E-state index in [1.807, 2.05) is 6.92 Å². The Hall–Kier alpha value is -1.08. The van der Waals surface area contributed by atoms with Gasteiger partial charge in [0.1, 0.15) is 4.90 Å². The third-order valence-corrected chi connectivity index (χ3v) is 5.26. The molecule has 0 aliphatic heterocycles. The maximum Gasteiger partial charge on any atom is 0.275 e. The minimum atomic E-state index is -4.01. The first-order valence-electron chi connectivity index (χ1n) is 7.03. The van der Waals surface area contributed by atoms with Crippen LogP contribution >= 0.6 is 10.7 Å². The molecule has 1 aliphatic rings. The van der Waals surface area contributed by atoms with Gasteiger partial charge in [-0.1, -0.05) is 20.3 Å². The molecule has 6 nitrogen and oxygen atoms in total. The number of halogens is 1. The Kier molecular flexibility index (Phi) is 4.63. The summed E-state index contributed by atoms with van der Waals surface area (Å²) in [5, 5.41) is 6.52. The lowest BCUT2D eigenvalue weighted by atomic mass is 10.2. The average Bonchev–Trinajstić information content (AvgIpc) is 2.89. The highest BCUT2D eigenvalue weighted by Gasteiger charge is 2.36. The fraction of sp³-hybridized carbons (Fsp3) is 0.692. The van der Waals surface area contributed by atoms with Gasteiger partial charge >= 0.3 is 0 Å².